The Morgan fingerprint density at radius 3 is 3.00 bits per heavy atom. The predicted octanol–water partition coefficient (Wildman–Crippen LogP) is 0.790. The molecular formula is C8H8N4O2S. The number of nitrogens with zero attached hydrogens (tertiary/aromatic N) is 4. The molecule has 0 aliphatic carbocycles. The second kappa shape index (κ2) is 3.77. The molecule has 0 saturated carbocycles. The molecule has 0 saturated heterocycles. The van der Waals surface area contributed by atoms with Gasteiger partial charge >= 0.3 is 5.97 Å². The summed E-state index contributed by atoms with van der Waals surface area (Å²) in [6, 6.07) is 0. The molecule has 0 aliphatic rings. The highest BCUT2D eigenvalue weighted by Gasteiger charge is 2.08. The van der Waals surface area contributed by atoms with Crippen molar-refractivity contribution < 1.29 is 9.90 Å². The van der Waals surface area contributed by atoms with Gasteiger partial charge in [-0.3, -0.25) is 0 Å². The first-order chi connectivity index (χ1) is 7.15. The summed E-state index contributed by atoms with van der Waals surface area (Å²) in [6.45, 7) is 2.36. The zero-order valence-corrected chi connectivity index (χ0v) is 8.73. The molecule has 0 bridgehead atoms. The van der Waals surface area contributed by atoms with Crippen LogP contribution in [0.5, 0.6) is 0 Å². The topological polar surface area (TPSA) is 80.9 Å². The van der Waals surface area contributed by atoms with E-state index < -0.39 is 5.97 Å². The highest BCUT2D eigenvalue weighted by Crippen LogP contribution is 2.08. The van der Waals surface area contributed by atoms with E-state index in [2.05, 4.69) is 15.3 Å². The lowest BCUT2D eigenvalue weighted by molar-refractivity contribution is 0.0690. The largest absolute Gasteiger partial charge is 0.476 e. The summed E-state index contributed by atoms with van der Waals surface area (Å²) in [6.07, 6.45) is 1.39. The number of hydrogen-bond acceptors (Lipinski definition) is 5. The number of carboxylic acid groups (broad SMARTS) is 1. The van der Waals surface area contributed by atoms with Gasteiger partial charge < -0.3 is 5.11 Å². The lowest BCUT2D eigenvalue weighted by Gasteiger charge is -1.93. The van der Waals surface area contributed by atoms with Gasteiger partial charge in [-0.15, -0.1) is 16.4 Å². The molecule has 78 valence electrons. The van der Waals surface area contributed by atoms with E-state index >= 15 is 0 Å². The first-order valence-corrected chi connectivity index (χ1v) is 5.07. The molecule has 0 spiro atoms. The Hall–Kier alpha value is -1.76. The van der Waals surface area contributed by atoms with Gasteiger partial charge in [-0.1, -0.05) is 5.21 Å². The van der Waals surface area contributed by atoms with E-state index in [1.54, 1.807) is 11.3 Å². The van der Waals surface area contributed by atoms with Crippen LogP contribution < -0.4 is 0 Å². The van der Waals surface area contributed by atoms with Crippen molar-refractivity contribution in [1.29, 1.82) is 0 Å². The lowest BCUT2D eigenvalue weighted by atomic mass is 10.4. The van der Waals surface area contributed by atoms with E-state index in [0.29, 0.717) is 6.54 Å². The van der Waals surface area contributed by atoms with Gasteiger partial charge in [0.2, 0.25) is 0 Å². The third kappa shape index (κ3) is 2.18. The van der Waals surface area contributed by atoms with Crippen LogP contribution in [0.4, 0.5) is 0 Å². The molecule has 0 aliphatic heterocycles. The summed E-state index contributed by atoms with van der Waals surface area (Å²) >= 11 is 1.55. The van der Waals surface area contributed by atoms with Crippen molar-refractivity contribution in [3.05, 3.63) is 28.0 Å². The first kappa shape index (κ1) is 9.78. The Bertz CT molecular complexity index is 490. The fraction of sp³-hybridized carbons (Fsp3) is 0.250. The fourth-order valence-electron chi connectivity index (χ4n) is 1.12. The van der Waals surface area contributed by atoms with Gasteiger partial charge in [0, 0.05) is 5.38 Å². The molecule has 0 unspecified atom stereocenters. The van der Waals surface area contributed by atoms with Crippen LogP contribution in [0.1, 0.15) is 21.2 Å². The smallest absolute Gasteiger partial charge is 0.358 e. The monoisotopic (exact) mass is 224 g/mol. The van der Waals surface area contributed by atoms with Gasteiger partial charge in [0.15, 0.2) is 5.69 Å². The van der Waals surface area contributed by atoms with Crippen LogP contribution in [0.2, 0.25) is 0 Å². The number of thiazole rings is 1. The number of aromatic nitrogens is 4. The van der Waals surface area contributed by atoms with Crippen molar-refractivity contribution in [3.8, 4) is 0 Å². The quantitative estimate of drug-likeness (QED) is 0.833. The first-order valence-electron chi connectivity index (χ1n) is 4.19. The van der Waals surface area contributed by atoms with Crippen molar-refractivity contribution in [1.82, 2.24) is 20.0 Å². The summed E-state index contributed by atoms with van der Waals surface area (Å²) in [4.78, 5) is 14.8. The minimum Gasteiger partial charge on any atom is -0.476 e. The maximum Gasteiger partial charge on any atom is 0.358 e. The Labute approximate surface area is 89.2 Å². The number of carboxylic acids is 1. The Morgan fingerprint density at radius 2 is 2.47 bits per heavy atom. The number of hydrogen-bond donors (Lipinski definition) is 1. The molecule has 2 heterocycles. The summed E-state index contributed by atoms with van der Waals surface area (Å²) < 4.78 is 1.46. The van der Waals surface area contributed by atoms with Gasteiger partial charge in [-0.2, -0.15) is 0 Å². The van der Waals surface area contributed by atoms with Gasteiger partial charge in [-0.05, 0) is 6.92 Å². The summed E-state index contributed by atoms with van der Waals surface area (Å²) in [5.74, 6) is -1.07. The minimum absolute atomic E-state index is 0.0537. The normalized spacial score (nSPS) is 10.5. The second-order valence-corrected chi connectivity index (χ2v) is 4.03. The van der Waals surface area contributed by atoms with Crippen LogP contribution in [-0.2, 0) is 6.54 Å². The Kier molecular flexibility index (Phi) is 2.46. The van der Waals surface area contributed by atoms with Crippen LogP contribution in [0.3, 0.4) is 0 Å². The third-order valence-corrected chi connectivity index (χ3v) is 2.57. The number of aryl methyl sites for hydroxylation is 1. The highest BCUT2D eigenvalue weighted by molar-refractivity contribution is 7.09. The second-order valence-electron chi connectivity index (χ2n) is 2.96. The van der Waals surface area contributed by atoms with Gasteiger partial charge in [-0.25, -0.2) is 14.5 Å². The fourth-order valence-corrected chi connectivity index (χ4v) is 1.72. The molecule has 0 amide bonds. The lowest BCUT2D eigenvalue weighted by Crippen LogP contribution is -2.00. The van der Waals surface area contributed by atoms with E-state index in [0.717, 1.165) is 10.7 Å². The number of carbonyl (C=O) groups is 1. The number of aromatic carboxylic acids is 1. The van der Waals surface area contributed by atoms with E-state index in [9.17, 15) is 4.79 Å². The summed E-state index contributed by atoms with van der Waals surface area (Å²) in [7, 11) is 0. The molecule has 1 N–H and O–H groups in total. The standard InChI is InChI=1S/C8H8N4O2S/c1-5-9-6(4-15-5)2-12-3-7(8(13)14)10-11-12/h3-4H,2H2,1H3,(H,13,14). The molecular weight excluding hydrogens is 216 g/mol. The molecule has 7 heteroatoms. The average Bonchev–Trinajstić information content (AvgIpc) is 2.76. The highest BCUT2D eigenvalue weighted by atomic mass is 32.1. The molecule has 2 rings (SSSR count). The van der Waals surface area contributed by atoms with Crippen LogP contribution in [0.15, 0.2) is 11.6 Å². The molecule has 15 heavy (non-hydrogen) atoms. The summed E-state index contributed by atoms with van der Waals surface area (Å²) in [5.41, 5.74) is 0.807. The van der Waals surface area contributed by atoms with Crippen molar-refractivity contribution in [2.24, 2.45) is 0 Å². The van der Waals surface area contributed by atoms with Crippen LogP contribution in [0.25, 0.3) is 0 Å². The van der Waals surface area contributed by atoms with E-state index in [-0.39, 0.29) is 5.69 Å². The Morgan fingerprint density at radius 1 is 1.67 bits per heavy atom. The molecule has 2 aromatic heterocycles. The van der Waals surface area contributed by atoms with E-state index in [1.807, 2.05) is 12.3 Å². The molecule has 0 aromatic carbocycles. The molecule has 0 radical (unpaired) electrons. The molecule has 6 nitrogen and oxygen atoms in total. The maximum absolute atomic E-state index is 10.5. The average molecular weight is 224 g/mol. The predicted molar refractivity (Wildman–Crippen MR) is 52.9 cm³/mol. The van der Waals surface area contributed by atoms with E-state index in [4.69, 9.17) is 5.11 Å². The van der Waals surface area contributed by atoms with Gasteiger partial charge in [0.25, 0.3) is 0 Å². The van der Waals surface area contributed by atoms with Gasteiger partial charge in [0.1, 0.15) is 0 Å². The maximum atomic E-state index is 10.5. The molecule has 0 atom stereocenters. The van der Waals surface area contributed by atoms with Crippen molar-refractivity contribution in [3.63, 3.8) is 0 Å². The number of rotatable bonds is 3. The summed E-state index contributed by atoms with van der Waals surface area (Å²) in [5, 5.41) is 18.7. The van der Waals surface area contributed by atoms with Crippen LogP contribution in [0, 0.1) is 6.92 Å². The Balaban J connectivity index is 2.14. The minimum atomic E-state index is -1.07. The zero-order valence-electron chi connectivity index (χ0n) is 7.91. The van der Waals surface area contributed by atoms with Gasteiger partial charge in [0.05, 0.1) is 23.4 Å². The van der Waals surface area contributed by atoms with Crippen LogP contribution >= 0.6 is 11.3 Å². The molecule has 0 fully saturated rings. The zero-order chi connectivity index (χ0) is 10.8. The van der Waals surface area contributed by atoms with Crippen molar-refractivity contribution in [2.75, 3.05) is 0 Å². The SMILES string of the molecule is Cc1nc(Cn2cc(C(=O)O)nn2)cs1. The third-order valence-electron chi connectivity index (χ3n) is 1.75. The van der Waals surface area contributed by atoms with E-state index in [1.165, 1.54) is 10.9 Å². The van der Waals surface area contributed by atoms with Crippen LogP contribution in [-0.4, -0.2) is 31.1 Å². The molecule has 2 aromatic rings. The van der Waals surface area contributed by atoms with Crippen molar-refractivity contribution >= 4 is 17.3 Å². The van der Waals surface area contributed by atoms with Crippen molar-refractivity contribution in [2.45, 2.75) is 13.5 Å².